The van der Waals surface area contributed by atoms with E-state index in [0.717, 1.165) is 6.08 Å². The minimum Gasteiger partial charge on any atom is -0.496 e. The molecule has 0 bridgehead atoms. The summed E-state index contributed by atoms with van der Waals surface area (Å²) in [5.74, 6) is -0.751. The van der Waals surface area contributed by atoms with Crippen LogP contribution >= 0.6 is 0 Å². The summed E-state index contributed by atoms with van der Waals surface area (Å²) in [6.07, 6.45) is -3.16. The molecule has 0 unspecified atom stereocenters. The van der Waals surface area contributed by atoms with Gasteiger partial charge in [-0.05, 0) is 32.2 Å². The third-order valence-electron chi connectivity index (χ3n) is 6.55. The molecule has 4 rings (SSSR count). The van der Waals surface area contributed by atoms with Crippen molar-refractivity contribution < 1.29 is 27.1 Å². The molecule has 1 saturated heterocycles. The van der Waals surface area contributed by atoms with Crippen LogP contribution in [0.15, 0.2) is 24.3 Å². The predicted molar refractivity (Wildman–Crippen MR) is 125 cm³/mol. The molecule has 2 aromatic rings. The average Bonchev–Trinajstić information content (AvgIpc) is 3.23. The maximum atomic E-state index is 15.1. The monoisotopic (exact) mass is 492 g/mol. The Morgan fingerprint density at radius 1 is 1.26 bits per heavy atom. The largest absolute Gasteiger partial charge is 0.496 e. The predicted octanol–water partition coefficient (Wildman–Crippen LogP) is 4.14. The van der Waals surface area contributed by atoms with E-state index in [1.54, 1.807) is 11.9 Å². The summed E-state index contributed by atoms with van der Waals surface area (Å²) >= 11 is 0. The van der Waals surface area contributed by atoms with Crippen molar-refractivity contribution in [2.75, 3.05) is 46.2 Å². The Kier molecular flexibility index (Phi) is 6.77. The molecule has 10 heteroatoms. The Balaban J connectivity index is 1.64. The van der Waals surface area contributed by atoms with Gasteiger partial charge in [0.1, 0.15) is 11.6 Å². The Bertz CT molecular complexity index is 1180. The summed E-state index contributed by atoms with van der Waals surface area (Å²) in [4.78, 5) is 21.3. The summed E-state index contributed by atoms with van der Waals surface area (Å²) in [6.45, 7) is 3.83. The van der Waals surface area contributed by atoms with Gasteiger partial charge in [-0.1, -0.05) is 6.08 Å². The fourth-order valence-electron chi connectivity index (χ4n) is 4.83. The van der Waals surface area contributed by atoms with Gasteiger partial charge in [0.2, 0.25) is 0 Å². The number of aromatic nitrogens is 1. The highest BCUT2D eigenvalue weighted by Gasteiger charge is 2.40. The second-order valence-corrected chi connectivity index (χ2v) is 8.98. The summed E-state index contributed by atoms with van der Waals surface area (Å²) in [6, 6.07) is 4.12. The molecular weight excluding hydrogens is 464 g/mol. The smallest absolute Gasteiger partial charge is 0.416 e. The highest BCUT2D eigenvalue weighted by molar-refractivity contribution is 5.95. The quantitative estimate of drug-likeness (QED) is 0.636. The molecule has 35 heavy (non-hydrogen) atoms. The summed E-state index contributed by atoms with van der Waals surface area (Å²) in [7, 11) is 4.95. The number of hydrogen-bond acceptors (Lipinski definition) is 5. The third kappa shape index (κ3) is 4.84. The molecule has 0 saturated carbocycles. The number of piperazine rings is 1. The molecule has 1 N–H and O–H groups in total. The number of nitrogens with one attached hydrogen (secondary N) is 1. The maximum absolute atomic E-state index is 15.1. The number of hydrogen-bond donors (Lipinski definition) is 1. The summed E-state index contributed by atoms with van der Waals surface area (Å²) in [5, 5.41) is 2.82. The normalized spacial score (nSPS) is 18.3. The van der Waals surface area contributed by atoms with Crippen LogP contribution in [0, 0.1) is 5.82 Å². The first kappa shape index (κ1) is 25.0. The van der Waals surface area contributed by atoms with E-state index in [2.05, 4.69) is 15.2 Å². The van der Waals surface area contributed by atoms with Gasteiger partial charge in [0.25, 0.3) is 5.91 Å². The van der Waals surface area contributed by atoms with Gasteiger partial charge in [0.05, 0.1) is 23.9 Å². The van der Waals surface area contributed by atoms with E-state index in [4.69, 9.17) is 4.74 Å². The Morgan fingerprint density at radius 2 is 2.00 bits per heavy atom. The Labute approximate surface area is 201 Å². The van der Waals surface area contributed by atoms with E-state index in [9.17, 15) is 18.0 Å². The number of fused-ring (bicyclic) bond motifs is 1. The van der Waals surface area contributed by atoms with Crippen molar-refractivity contribution in [2.45, 2.75) is 32.0 Å². The number of ether oxygens (including phenoxy) is 1. The molecule has 1 aliphatic carbocycles. The number of likely N-dealkylation sites (N-methyl/N-ethyl adjacent to an activating group) is 1. The number of anilines is 1. The highest BCUT2D eigenvalue weighted by atomic mass is 19.4. The molecule has 0 radical (unpaired) electrons. The molecule has 2 aliphatic rings. The second kappa shape index (κ2) is 9.49. The van der Waals surface area contributed by atoms with Crippen molar-refractivity contribution in [3.63, 3.8) is 0 Å². The number of allylic oxidation sites excluding steroid dienone is 2. The van der Waals surface area contributed by atoms with Gasteiger partial charge < -0.3 is 19.9 Å². The molecule has 1 aromatic carbocycles. The molecule has 0 spiro atoms. The average molecular weight is 493 g/mol. The number of carbonyl (C=O) groups excluding carboxylic acids is 1. The van der Waals surface area contributed by atoms with Crippen molar-refractivity contribution in [1.29, 1.82) is 0 Å². The molecule has 1 fully saturated rings. The van der Waals surface area contributed by atoms with E-state index in [1.807, 2.05) is 14.0 Å². The van der Waals surface area contributed by atoms with Gasteiger partial charge in [0.15, 0.2) is 0 Å². The molecule has 1 aliphatic heterocycles. The van der Waals surface area contributed by atoms with Crippen LogP contribution in [0.2, 0.25) is 0 Å². The Hall–Kier alpha value is -3.14. The van der Waals surface area contributed by atoms with Crippen LogP contribution in [-0.2, 0) is 12.8 Å². The first-order valence-electron chi connectivity index (χ1n) is 11.4. The number of halogens is 4. The Morgan fingerprint density at radius 3 is 2.63 bits per heavy atom. The number of amides is 1. The van der Waals surface area contributed by atoms with Crippen LogP contribution < -0.4 is 10.1 Å². The lowest BCUT2D eigenvalue weighted by Crippen LogP contribution is -2.52. The number of methoxy groups -OCH3 is 1. The summed E-state index contributed by atoms with van der Waals surface area (Å²) < 4.78 is 60.8. The van der Waals surface area contributed by atoms with Crippen molar-refractivity contribution >= 4 is 17.2 Å². The van der Waals surface area contributed by atoms with Crippen LogP contribution in [0.4, 0.5) is 23.2 Å². The molecule has 1 aromatic heterocycles. The number of carbonyl (C=O) groups is 1. The first-order valence-corrected chi connectivity index (χ1v) is 11.4. The van der Waals surface area contributed by atoms with E-state index in [1.165, 1.54) is 25.3 Å². The van der Waals surface area contributed by atoms with Gasteiger partial charge in [-0.3, -0.25) is 9.78 Å². The van der Waals surface area contributed by atoms with Gasteiger partial charge in [-0.15, -0.1) is 0 Å². The van der Waals surface area contributed by atoms with Crippen molar-refractivity contribution in [3.8, 4) is 5.75 Å². The SMILES string of the molecule is CNc1cc(Cc2cc(F)c(C(=O)N3CCN(C)C[C@H]3C)cc2OC)nc2c1C(C(F)(F)F)=CC2. The topological polar surface area (TPSA) is 57.7 Å². The van der Waals surface area contributed by atoms with Crippen LogP contribution in [0.25, 0.3) is 5.57 Å². The maximum Gasteiger partial charge on any atom is 0.416 e. The minimum atomic E-state index is -4.48. The van der Waals surface area contributed by atoms with E-state index >= 15 is 4.39 Å². The van der Waals surface area contributed by atoms with E-state index in [0.29, 0.717) is 48.0 Å². The van der Waals surface area contributed by atoms with Crippen LogP contribution in [0.5, 0.6) is 5.75 Å². The zero-order chi connectivity index (χ0) is 25.5. The number of alkyl halides is 3. The molecule has 1 atom stereocenters. The molecule has 188 valence electrons. The lowest BCUT2D eigenvalue weighted by atomic mass is 10.0. The minimum absolute atomic E-state index is 0.0455. The number of pyridine rings is 1. The number of benzene rings is 1. The number of rotatable bonds is 5. The van der Waals surface area contributed by atoms with Crippen LogP contribution in [0.3, 0.4) is 0 Å². The van der Waals surface area contributed by atoms with Crippen molar-refractivity contribution in [2.24, 2.45) is 0 Å². The molecular formula is C25H28F4N4O2. The van der Waals surface area contributed by atoms with Crippen LogP contribution in [-0.4, -0.2) is 73.7 Å². The van der Waals surface area contributed by atoms with Crippen LogP contribution in [0.1, 0.15) is 39.8 Å². The molecule has 6 nitrogen and oxygen atoms in total. The standard InChI is InChI=1S/C25H28F4N4O2/c1-14-13-32(3)7-8-33(14)24(34)17-12-22(35-4)15(10-19(17)26)9-16-11-21(30-2)23-18(25(27,28)29)5-6-20(23)31-16/h5,10-12,14H,6-9,13H2,1-4H3,(H,30,31)/t14-/m1/s1. The fraction of sp³-hybridized carbons (Fsp3) is 0.440. The zero-order valence-electron chi connectivity index (χ0n) is 20.1. The van der Waals surface area contributed by atoms with Crippen molar-refractivity contribution in [3.05, 3.63) is 58.2 Å². The number of nitrogens with zero attached hydrogens (tertiary/aromatic N) is 3. The highest BCUT2D eigenvalue weighted by Crippen LogP contribution is 2.43. The van der Waals surface area contributed by atoms with E-state index in [-0.39, 0.29) is 30.0 Å². The third-order valence-corrected chi connectivity index (χ3v) is 6.55. The lowest BCUT2D eigenvalue weighted by Gasteiger charge is -2.38. The summed E-state index contributed by atoms with van der Waals surface area (Å²) in [5.41, 5.74) is 0.804. The van der Waals surface area contributed by atoms with Gasteiger partial charge in [-0.25, -0.2) is 4.39 Å². The molecule has 2 heterocycles. The lowest BCUT2D eigenvalue weighted by molar-refractivity contribution is -0.0687. The first-order chi connectivity index (χ1) is 16.5. The van der Waals surface area contributed by atoms with Crippen molar-refractivity contribution in [1.82, 2.24) is 14.8 Å². The van der Waals surface area contributed by atoms with E-state index < -0.39 is 23.5 Å². The zero-order valence-corrected chi connectivity index (χ0v) is 20.1. The van der Waals surface area contributed by atoms with Gasteiger partial charge in [-0.2, -0.15) is 13.2 Å². The van der Waals surface area contributed by atoms with Gasteiger partial charge in [0, 0.05) is 68.1 Å². The fourth-order valence-corrected chi connectivity index (χ4v) is 4.83. The second-order valence-electron chi connectivity index (χ2n) is 8.98. The van der Waals surface area contributed by atoms with Gasteiger partial charge >= 0.3 is 6.18 Å². The molecule has 1 amide bonds.